The van der Waals surface area contributed by atoms with E-state index in [1.54, 1.807) is 0 Å². The molecule has 0 fully saturated rings. The largest absolute Gasteiger partial charge is 0.490 e. The Balaban J connectivity index is 0. The summed E-state index contributed by atoms with van der Waals surface area (Å²) >= 11 is 0. The Labute approximate surface area is 53.3 Å². The zero-order valence-corrected chi connectivity index (χ0v) is 4.49. The van der Waals surface area contributed by atoms with Crippen molar-refractivity contribution in [1.29, 1.82) is 10.8 Å². The first-order valence-electron chi connectivity index (χ1n) is 1.74. The van der Waals surface area contributed by atoms with Crippen LogP contribution in [0.15, 0.2) is 0 Å². The van der Waals surface area contributed by atoms with Crippen LogP contribution in [0.5, 0.6) is 0 Å². The molecule has 0 spiro atoms. The van der Waals surface area contributed by atoms with E-state index < -0.39 is 12.1 Å². The molecule has 0 aliphatic heterocycles. The molecule has 0 aromatic rings. The Morgan fingerprint density at radius 1 is 1.40 bits per heavy atom. The summed E-state index contributed by atoms with van der Waals surface area (Å²) in [6.45, 7) is 0. The molecule has 0 aromatic carbocycles. The number of carbonyl (C=O) groups is 1. The second kappa shape index (κ2) is 4.51. The molecule has 0 saturated heterocycles. The lowest BCUT2D eigenvalue weighted by atomic mass is 10.7. The van der Waals surface area contributed by atoms with Gasteiger partial charge < -0.3 is 5.11 Å². The summed E-state index contributed by atoms with van der Waals surface area (Å²) < 4.78 is 31.7. The number of halogens is 3. The van der Waals surface area contributed by atoms with Crippen LogP contribution in [0.2, 0.25) is 0 Å². The zero-order valence-electron chi connectivity index (χ0n) is 4.49. The van der Waals surface area contributed by atoms with Crippen molar-refractivity contribution < 1.29 is 23.1 Å². The Morgan fingerprint density at radius 2 is 1.50 bits per heavy atom. The van der Waals surface area contributed by atoms with E-state index in [-0.39, 0.29) is 0 Å². The molecule has 10 heavy (non-hydrogen) atoms. The number of carboxylic acids is 1. The zero-order chi connectivity index (χ0) is 8.78. The van der Waals surface area contributed by atoms with Crippen LogP contribution < -0.4 is 0 Å². The summed E-state index contributed by atoms with van der Waals surface area (Å²) in [4.78, 5) is 8.90. The molecule has 58 valence electrons. The molecular formula is C3H3F3N2O2. The van der Waals surface area contributed by atoms with Gasteiger partial charge in [-0.05, 0) is 0 Å². The smallest absolute Gasteiger partial charge is 0.475 e. The predicted octanol–water partition coefficient (Wildman–Crippen LogP) is 0.951. The summed E-state index contributed by atoms with van der Waals surface area (Å²) in [5, 5.41) is 18.4. The first kappa shape index (κ1) is 11.4. The molecule has 0 amide bonds. The van der Waals surface area contributed by atoms with Crippen LogP contribution in [-0.4, -0.2) is 23.3 Å². The minimum atomic E-state index is -5.08. The second-order valence-corrected chi connectivity index (χ2v) is 0.928. The summed E-state index contributed by atoms with van der Waals surface area (Å²) in [7, 11) is 0. The van der Waals surface area contributed by atoms with Gasteiger partial charge in [0, 0.05) is 0 Å². The van der Waals surface area contributed by atoms with E-state index in [0.717, 1.165) is 0 Å². The fourth-order valence-electron chi connectivity index (χ4n) is 0. The quantitative estimate of drug-likeness (QED) is 0.456. The number of rotatable bonds is 0. The number of hydrogen-bond donors (Lipinski definition) is 3. The van der Waals surface area contributed by atoms with Gasteiger partial charge in [-0.15, -0.1) is 0 Å². The van der Waals surface area contributed by atoms with Crippen molar-refractivity contribution in [3.8, 4) is 0 Å². The Bertz CT molecular complexity index is 146. The minimum absolute atomic E-state index is 1.25. The van der Waals surface area contributed by atoms with Crippen molar-refractivity contribution in [2.75, 3.05) is 0 Å². The van der Waals surface area contributed by atoms with Gasteiger partial charge in [-0.25, -0.2) is 15.6 Å². The molecule has 3 N–H and O–H groups in total. The Morgan fingerprint density at radius 3 is 1.50 bits per heavy atom. The highest BCUT2D eigenvalue weighted by Gasteiger charge is 2.38. The van der Waals surface area contributed by atoms with E-state index in [0.29, 0.717) is 0 Å². The van der Waals surface area contributed by atoms with Crippen molar-refractivity contribution in [2.24, 2.45) is 0 Å². The lowest BCUT2D eigenvalue weighted by Crippen LogP contribution is -2.21. The van der Waals surface area contributed by atoms with Gasteiger partial charge in [0.2, 0.25) is 0 Å². The number of hydrogen-bond acceptors (Lipinski definition) is 3. The van der Waals surface area contributed by atoms with Gasteiger partial charge in [0.15, 0.2) is 0 Å². The number of carboxylic acid groups (broad SMARTS) is 1. The van der Waals surface area contributed by atoms with Crippen molar-refractivity contribution in [1.82, 2.24) is 0 Å². The maximum Gasteiger partial charge on any atom is 0.490 e. The SMILES string of the molecule is N=C=N.O=C(O)C(F)(F)F. The van der Waals surface area contributed by atoms with Gasteiger partial charge >= 0.3 is 12.1 Å². The maximum atomic E-state index is 10.6. The number of aliphatic carboxylic acids is 1. The monoisotopic (exact) mass is 156 g/mol. The first-order valence-corrected chi connectivity index (χ1v) is 1.74. The Kier molecular flexibility index (Phi) is 5.16. The third kappa shape index (κ3) is 9.81. The molecule has 4 nitrogen and oxygen atoms in total. The van der Waals surface area contributed by atoms with E-state index in [1.165, 1.54) is 6.01 Å². The van der Waals surface area contributed by atoms with Crippen molar-refractivity contribution >= 4 is 12.0 Å². The van der Waals surface area contributed by atoms with Crippen LogP contribution in [0.1, 0.15) is 0 Å². The molecule has 0 aromatic heterocycles. The van der Waals surface area contributed by atoms with Gasteiger partial charge in [0.25, 0.3) is 0 Å². The standard InChI is InChI=1S/C2HF3O2.CH2N2/c3-2(4,5)1(6)7;2-1-3/h(H,6,7);2-3H. The molecule has 0 heterocycles. The molecule has 0 rings (SSSR count). The molecule has 0 radical (unpaired) electrons. The lowest BCUT2D eigenvalue weighted by Gasteiger charge is -1.93. The highest BCUT2D eigenvalue weighted by molar-refractivity contribution is 5.73. The minimum Gasteiger partial charge on any atom is -0.475 e. The van der Waals surface area contributed by atoms with Crippen molar-refractivity contribution in [3.05, 3.63) is 0 Å². The van der Waals surface area contributed by atoms with E-state index in [9.17, 15) is 13.2 Å². The van der Waals surface area contributed by atoms with Gasteiger partial charge in [-0.1, -0.05) is 0 Å². The third-order valence-corrected chi connectivity index (χ3v) is 0.243. The van der Waals surface area contributed by atoms with Gasteiger partial charge in [-0.3, -0.25) is 0 Å². The molecule has 0 unspecified atom stereocenters. The van der Waals surface area contributed by atoms with Crippen LogP contribution in [0, 0.1) is 10.8 Å². The first-order chi connectivity index (χ1) is 4.36. The average Bonchev–Trinajstić information content (AvgIpc) is 1.64. The van der Waals surface area contributed by atoms with Crippen LogP contribution in [0.25, 0.3) is 0 Å². The second-order valence-electron chi connectivity index (χ2n) is 0.928. The summed E-state index contributed by atoms with van der Waals surface area (Å²) in [5.74, 6) is -2.76. The third-order valence-electron chi connectivity index (χ3n) is 0.243. The molecule has 0 aliphatic carbocycles. The van der Waals surface area contributed by atoms with Crippen LogP contribution in [0.4, 0.5) is 13.2 Å². The highest BCUT2D eigenvalue weighted by atomic mass is 19.4. The molecule has 0 saturated carbocycles. The fourth-order valence-corrected chi connectivity index (χ4v) is 0. The van der Waals surface area contributed by atoms with Crippen molar-refractivity contribution in [3.63, 3.8) is 0 Å². The topological polar surface area (TPSA) is 85.0 Å². The lowest BCUT2D eigenvalue weighted by molar-refractivity contribution is -0.192. The van der Waals surface area contributed by atoms with Gasteiger partial charge in [-0.2, -0.15) is 13.2 Å². The van der Waals surface area contributed by atoms with E-state index in [2.05, 4.69) is 0 Å². The van der Waals surface area contributed by atoms with Crippen LogP contribution in [-0.2, 0) is 4.79 Å². The number of alkyl halides is 3. The molecule has 0 aliphatic rings. The molecule has 0 atom stereocenters. The maximum absolute atomic E-state index is 10.6. The van der Waals surface area contributed by atoms with Crippen molar-refractivity contribution in [2.45, 2.75) is 6.18 Å². The van der Waals surface area contributed by atoms with Gasteiger partial charge in [0.05, 0.1) is 6.01 Å². The van der Waals surface area contributed by atoms with E-state index >= 15 is 0 Å². The summed E-state index contributed by atoms with van der Waals surface area (Å²) in [6, 6.07) is 1.25. The highest BCUT2D eigenvalue weighted by Crippen LogP contribution is 2.13. The fraction of sp³-hybridized carbons (Fsp3) is 0.333. The summed E-state index contributed by atoms with van der Waals surface area (Å²) in [6.07, 6.45) is -5.08. The van der Waals surface area contributed by atoms with Crippen LogP contribution >= 0.6 is 0 Å². The van der Waals surface area contributed by atoms with Crippen LogP contribution in [0.3, 0.4) is 0 Å². The van der Waals surface area contributed by atoms with Gasteiger partial charge in [0.1, 0.15) is 0 Å². The molecular weight excluding hydrogens is 153 g/mol. The molecule has 0 bridgehead atoms. The molecule has 7 heteroatoms. The number of nitrogens with one attached hydrogen (secondary N) is 2. The normalized spacial score (nSPS) is 8.70. The Hall–Kier alpha value is -1.36. The van der Waals surface area contributed by atoms with E-state index in [4.69, 9.17) is 20.7 Å². The predicted molar refractivity (Wildman–Crippen MR) is 24.1 cm³/mol. The summed E-state index contributed by atoms with van der Waals surface area (Å²) in [5.41, 5.74) is 0. The average molecular weight is 156 g/mol. The van der Waals surface area contributed by atoms with E-state index in [1.807, 2.05) is 0 Å².